The van der Waals surface area contributed by atoms with E-state index in [-0.39, 0.29) is 0 Å². The van der Waals surface area contributed by atoms with Crippen LogP contribution in [-0.4, -0.2) is 24.0 Å². The maximum atomic E-state index is 5.74. The average Bonchev–Trinajstić information content (AvgIpc) is 2.94. The van der Waals surface area contributed by atoms with Crippen LogP contribution in [0.2, 0.25) is 0 Å². The molecule has 3 aliphatic rings. The van der Waals surface area contributed by atoms with Gasteiger partial charge in [-0.3, -0.25) is 4.90 Å². The van der Waals surface area contributed by atoms with Crippen molar-refractivity contribution in [2.75, 3.05) is 13.1 Å². The lowest BCUT2D eigenvalue weighted by Gasteiger charge is -2.51. The first-order valence-electron chi connectivity index (χ1n) is 8.98. The van der Waals surface area contributed by atoms with Gasteiger partial charge in [0.1, 0.15) is 5.58 Å². The molecule has 2 aromatic rings. The summed E-state index contributed by atoms with van der Waals surface area (Å²) >= 11 is 0. The van der Waals surface area contributed by atoms with E-state index >= 15 is 0 Å². The molecule has 3 heterocycles. The van der Waals surface area contributed by atoms with Gasteiger partial charge in [0.15, 0.2) is 0 Å². The standard InChI is InChI=1S/C21H27NO/c1-4-16-12-21(3)9-7-19(16)22(14-21)10-8-17-13-23-20-6-5-15(2)11-18(17)20/h5-7,9,11,13,16,19H,4,8,10,12,14H2,1-3H3. The number of hydrogen-bond donors (Lipinski definition) is 0. The molecule has 2 aliphatic heterocycles. The molecule has 0 N–H and O–H groups in total. The molecule has 122 valence electrons. The van der Waals surface area contributed by atoms with E-state index < -0.39 is 0 Å². The minimum atomic E-state index is 0.379. The second-order valence-corrected chi connectivity index (χ2v) is 7.86. The third kappa shape index (κ3) is 2.63. The van der Waals surface area contributed by atoms with Gasteiger partial charge < -0.3 is 4.42 Å². The third-order valence-corrected chi connectivity index (χ3v) is 5.90. The van der Waals surface area contributed by atoms with Gasteiger partial charge in [0.2, 0.25) is 0 Å². The van der Waals surface area contributed by atoms with E-state index in [2.05, 4.69) is 56.0 Å². The Bertz CT molecular complexity index is 743. The zero-order chi connectivity index (χ0) is 16.0. The molecule has 2 bridgehead atoms. The molecule has 5 rings (SSSR count). The fourth-order valence-corrected chi connectivity index (χ4v) is 4.65. The minimum Gasteiger partial charge on any atom is -0.464 e. The minimum absolute atomic E-state index is 0.379. The van der Waals surface area contributed by atoms with Crippen molar-refractivity contribution in [1.82, 2.24) is 4.90 Å². The largest absolute Gasteiger partial charge is 0.464 e. The second-order valence-electron chi connectivity index (χ2n) is 7.86. The molecule has 2 heteroatoms. The van der Waals surface area contributed by atoms with Crippen molar-refractivity contribution in [3.8, 4) is 0 Å². The highest BCUT2D eigenvalue weighted by Gasteiger charge is 2.42. The quantitative estimate of drug-likeness (QED) is 0.742. The van der Waals surface area contributed by atoms with Gasteiger partial charge in [-0.25, -0.2) is 0 Å². The van der Waals surface area contributed by atoms with E-state index in [1.807, 2.05) is 6.26 Å². The van der Waals surface area contributed by atoms with Gasteiger partial charge >= 0.3 is 0 Å². The maximum absolute atomic E-state index is 5.74. The molecule has 23 heavy (non-hydrogen) atoms. The van der Waals surface area contributed by atoms with Crippen molar-refractivity contribution in [1.29, 1.82) is 0 Å². The highest BCUT2D eigenvalue weighted by atomic mass is 16.3. The van der Waals surface area contributed by atoms with Gasteiger partial charge in [0.05, 0.1) is 6.26 Å². The van der Waals surface area contributed by atoms with E-state index in [1.54, 1.807) is 0 Å². The van der Waals surface area contributed by atoms with Crippen LogP contribution in [0.5, 0.6) is 0 Å². The Morgan fingerprint density at radius 1 is 1.35 bits per heavy atom. The van der Waals surface area contributed by atoms with Crippen LogP contribution in [0.25, 0.3) is 11.0 Å². The lowest BCUT2D eigenvalue weighted by atomic mass is 9.67. The molecule has 2 nitrogen and oxygen atoms in total. The van der Waals surface area contributed by atoms with Crippen LogP contribution in [-0.2, 0) is 6.42 Å². The lowest BCUT2D eigenvalue weighted by Crippen LogP contribution is -2.54. The number of aryl methyl sites for hydroxylation is 1. The van der Waals surface area contributed by atoms with Gasteiger partial charge in [0.25, 0.3) is 0 Å². The normalized spacial score (nSPS) is 30.4. The predicted octanol–water partition coefficient (Wildman–Crippen LogP) is 4.96. The van der Waals surface area contributed by atoms with E-state index in [0.29, 0.717) is 11.5 Å². The SMILES string of the molecule is CCC1CC2(C)C=CC1N(CCc1coc3ccc(C)cc13)C2. The molecule has 0 saturated carbocycles. The van der Waals surface area contributed by atoms with Gasteiger partial charge in [0, 0.05) is 24.5 Å². The fourth-order valence-electron chi connectivity index (χ4n) is 4.65. The molecule has 0 radical (unpaired) electrons. The van der Waals surface area contributed by atoms with Gasteiger partial charge in [-0.1, -0.05) is 44.1 Å². The summed E-state index contributed by atoms with van der Waals surface area (Å²) in [5.41, 5.74) is 4.06. The zero-order valence-electron chi connectivity index (χ0n) is 14.5. The number of benzene rings is 1. The van der Waals surface area contributed by atoms with Crippen LogP contribution in [0.4, 0.5) is 0 Å². The number of furan rings is 1. The summed E-state index contributed by atoms with van der Waals surface area (Å²) in [6.07, 6.45) is 10.6. The molecule has 1 aliphatic carbocycles. The molecule has 1 aromatic heterocycles. The molecular formula is C21H27NO. The smallest absolute Gasteiger partial charge is 0.134 e. The van der Waals surface area contributed by atoms with Crippen molar-refractivity contribution < 1.29 is 4.42 Å². The lowest BCUT2D eigenvalue weighted by molar-refractivity contribution is 0.0358. The predicted molar refractivity (Wildman–Crippen MR) is 95.7 cm³/mol. The highest BCUT2D eigenvalue weighted by Crippen LogP contribution is 2.44. The molecule has 1 fully saturated rings. The highest BCUT2D eigenvalue weighted by molar-refractivity contribution is 5.81. The molecule has 0 amide bonds. The Balaban J connectivity index is 1.52. The van der Waals surface area contributed by atoms with Crippen LogP contribution < -0.4 is 0 Å². The molecule has 3 atom stereocenters. The number of fused-ring (bicyclic) bond motifs is 3. The first-order chi connectivity index (χ1) is 11.1. The molecule has 1 aromatic carbocycles. The topological polar surface area (TPSA) is 16.4 Å². The average molecular weight is 309 g/mol. The van der Waals surface area contributed by atoms with Crippen molar-refractivity contribution in [2.24, 2.45) is 11.3 Å². The second kappa shape index (κ2) is 5.52. The summed E-state index contributed by atoms with van der Waals surface area (Å²) in [7, 11) is 0. The Morgan fingerprint density at radius 3 is 3.00 bits per heavy atom. The number of hydrogen-bond acceptors (Lipinski definition) is 2. The summed E-state index contributed by atoms with van der Waals surface area (Å²) in [6, 6.07) is 7.11. The van der Waals surface area contributed by atoms with Crippen LogP contribution in [0.1, 0.15) is 37.8 Å². The van der Waals surface area contributed by atoms with E-state index in [1.165, 1.54) is 35.9 Å². The fraction of sp³-hybridized carbons (Fsp3) is 0.524. The zero-order valence-corrected chi connectivity index (χ0v) is 14.5. The van der Waals surface area contributed by atoms with Crippen molar-refractivity contribution in [2.45, 2.75) is 46.1 Å². The van der Waals surface area contributed by atoms with Gasteiger partial charge in [-0.05, 0) is 48.8 Å². The summed E-state index contributed by atoms with van der Waals surface area (Å²) in [4.78, 5) is 2.70. The van der Waals surface area contributed by atoms with Crippen molar-refractivity contribution >= 4 is 11.0 Å². The van der Waals surface area contributed by atoms with Crippen LogP contribution in [0.3, 0.4) is 0 Å². The monoisotopic (exact) mass is 309 g/mol. The first kappa shape index (κ1) is 15.0. The van der Waals surface area contributed by atoms with Crippen molar-refractivity contribution in [3.05, 3.63) is 47.7 Å². The summed E-state index contributed by atoms with van der Waals surface area (Å²) in [6.45, 7) is 9.25. The van der Waals surface area contributed by atoms with Gasteiger partial charge in [-0.15, -0.1) is 0 Å². The molecule has 0 spiro atoms. The number of nitrogens with zero attached hydrogens (tertiary/aromatic N) is 1. The molecule has 1 saturated heterocycles. The van der Waals surface area contributed by atoms with E-state index in [0.717, 1.165) is 24.5 Å². The molecular weight excluding hydrogens is 282 g/mol. The Kier molecular flexibility index (Phi) is 3.60. The van der Waals surface area contributed by atoms with E-state index in [4.69, 9.17) is 4.42 Å². The molecule has 3 unspecified atom stereocenters. The Labute approximate surface area is 139 Å². The van der Waals surface area contributed by atoms with E-state index in [9.17, 15) is 0 Å². The van der Waals surface area contributed by atoms with Crippen LogP contribution in [0, 0.1) is 18.3 Å². The Hall–Kier alpha value is -1.54. The van der Waals surface area contributed by atoms with Gasteiger partial charge in [-0.2, -0.15) is 0 Å². The Morgan fingerprint density at radius 2 is 2.22 bits per heavy atom. The maximum Gasteiger partial charge on any atom is 0.134 e. The van der Waals surface area contributed by atoms with Crippen LogP contribution >= 0.6 is 0 Å². The number of rotatable bonds is 4. The summed E-state index contributed by atoms with van der Waals surface area (Å²) < 4.78 is 5.74. The van der Waals surface area contributed by atoms with Crippen molar-refractivity contribution in [3.63, 3.8) is 0 Å². The van der Waals surface area contributed by atoms with Crippen LogP contribution in [0.15, 0.2) is 41.0 Å². The number of piperidine rings is 1. The first-order valence-corrected chi connectivity index (χ1v) is 8.98. The summed E-state index contributed by atoms with van der Waals surface area (Å²) in [5, 5.41) is 1.29. The third-order valence-electron chi connectivity index (χ3n) is 5.90. The summed E-state index contributed by atoms with van der Waals surface area (Å²) in [5.74, 6) is 0.821.